The topological polar surface area (TPSA) is 67.8 Å². The highest BCUT2D eigenvalue weighted by atomic mass is 16.7. The fourth-order valence-electron chi connectivity index (χ4n) is 2.99. The summed E-state index contributed by atoms with van der Waals surface area (Å²) in [4.78, 5) is 17.3. The standard InChI is InChI=1S/C23H39NO4/c1-8-9-10-11-12-13-14-27-21(26)24-28-17-15-18(22(2,3)4)20(25)19(16-17)23(5,6)7/h15-16,25H,8-14H2,1-7H3,(H,24,26). The molecule has 1 aromatic carbocycles. The van der Waals surface area contributed by atoms with Crippen LogP contribution in [0.4, 0.5) is 4.79 Å². The fraction of sp³-hybridized carbons (Fsp3) is 0.696. The summed E-state index contributed by atoms with van der Waals surface area (Å²) in [7, 11) is 0. The number of amides is 1. The number of phenolic OH excluding ortho intramolecular Hbond substituents is 1. The lowest BCUT2D eigenvalue weighted by Gasteiger charge is -2.27. The first kappa shape index (κ1) is 24.1. The van der Waals surface area contributed by atoms with E-state index in [1.807, 2.05) is 41.5 Å². The maximum absolute atomic E-state index is 11.9. The Hall–Kier alpha value is -1.91. The fourth-order valence-corrected chi connectivity index (χ4v) is 2.99. The number of hydrogen-bond acceptors (Lipinski definition) is 4. The highest BCUT2D eigenvalue weighted by Crippen LogP contribution is 2.41. The van der Waals surface area contributed by atoms with Gasteiger partial charge in [-0.1, -0.05) is 80.6 Å². The number of ether oxygens (including phenoxy) is 1. The van der Waals surface area contributed by atoms with Crippen molar-refractivity contribution in [3.05, 3.63) is 23.3 Å². The van der Waals surface area contributed by atoms with Crippen LogP contribution in [0.15, 0.2) is 12.1 Å². The van der Waals surface area contributed by atoms with Gasteiger partial charge >= 0.3 is 6.09 Å². The molecule has 5 nitrogen and oxygen atoms in total. The van der Waals surface area contributed by atoms with E-state index in [2.05, 4.69) is 12.4 Å². The predicted molar refractivity (Wildman–Crippen MR) is 114 cm³/mol. The van der Waals surface area contributed by atoms with Crippen LogP contribution >= 0.6 is 0 Å². The van der Waals surface area contributed by atoms with Crippen LogP contribution in [0, 0.1) is 0 Å². The molecule has 28 heavy (non-hydrogen) atoms. The molecule has 0 aliphatic carbocycles. The van der Waals surface area contributed by atoms with Gasteiger partial charge < -0.3 is 14.7 Å². The number of phenols is 1. The van der Waals surface area contributed by atoms with E-state index in [1.54, 1.807) is 12.1 Å². The molecule has 0 spiro atoms. The molecule has 0 radical (unpaired) electrons. The van der Waals surface area contributed by atoms with Gasteiger partial charge in [-0.2, -0.15) is 5.48 Å². The van der Waals surface area contributed by atoms with Gasteiger partial charge in [0.2, 0.25) is 0 Å². The molecule has 2 N–H and O–H groups in total. The summed E-state index contributed by atoms with van der Waals surface area (Å²) < 4.78 is 5.16. The number of carbonyl (C=O) groups excluding carboxylic acids is 1. The normalized spacial score (nSPS) is 12.0. The molecule has 0 atom stereocenters. The van der Waals surface area contributed by atoms with Crippen LogP contribution in [-0.2, 0) is 15.6 Å². The van der Waals surface area contributed by atoms with Crippen molar-refractivity contribution in [1.82, 2.24) is 5.48 Å². The number of aromatic hydroxyl groups is 1. The van der Waals surface area contributed by atoms with Gasteiger partial charge in [0, 0.05) is 11.1 Å². The summed E-state index contributed by atoms with van der Waals surface area (Å²) in [6.07, 6.45) is 6.22. The van der Waals surface area contributed by atoms with E-state index in [0.29, 0.717) is 12.4 Å². The summed E-state index contributed by atoms with van der Waals surface area (Å²) in [6, 6.07) is 3.52. The van der Waals surface area contributed by atoms with Crippen molar-refractivity contribution in [3.8, 4) is 11.5 Å². The van der Waals surface area contributed by atoms with Crippen molar-refractivity contribution < 1.29 is 19.5 Å². The molecule has 1 rings (SSSR count). The van der Waals surface area contributed by atoms with Gasteiger partial charge in [-0.25, -0.2) is 4.79 Å². The molecule has 0 aromatic heterocycles. The number of carbonyl (C=O) groups is 1. The van der Waals surface area contributed by atoms with Gasteiger partial charge in [0.1, 0.15) is 5.75 Å². The second kappa shape index (κ2) is 10.6. The molecular weight excluding hydrogens is 354 g/mol. The molecule has 0 aliphatic rings. The maximum Gasteiger partial charge on any atom is 0.440 e. The minimum absolute atomic E-state index is 0.262. The number of nitrogens with one attached hydrogen (secondary N) is 1. The third kappa shape index (κ3) is 7.99. The summed E-state index contributed by atoms with van der Waals surface area (Å²) in [5, 5.41) is 10.7. The number of unbranched alkanes of at least 4 members (excludes halogenated alkanes) is 5. The van der Waals surface area contributed by atoms with E-state index >= 15 is 0 Å². The second-order valence-electron chi connectivity index (χ2n) is 9.47. The third-order valence-electron chi connectivity index (χ3n) is 4.68. The Balaban J connectivity index is 2.65. The van der Waals surface area contributed by atoms with Crippen molar-refractivity contribution in [3.63, 3.8) is 0 Å². The molecular formula is C23H39NO4. The lowest BCUT2D eigenvalue weighted by atomic mass is 9.79. The maximum atomic E-state index is 11.9. The van der Waals surface area contributed by atoms with Crippen molar-refractivity contribution in [1.29, 1.82) is 0 Å². The van der Waals surface area contributed by atoms with Gasteiger partial charge in [0.15, 0.2) is 5.75 Å². The largest absolute Gasteiger partial charge is 0.507 e. The number of hydroxylamine groups is 1. The molecule has 160 valence electrons. The second-order valence-corrected chi connectivity index (χ2v) is 9.47. The molecule has 0 saturated heterocycles. The Morgan fingerprint density at radius 3 is 1.93 bits per heavy atom. The van der Waals surface area contributed by atoms with Gasteiger partial charge in [-0.3, -0.25) is 0 Å². The van der Waals surface area contributed by atoms with Crippen LogP contribution in [0.2, 0.25) is 0 Å². The lowest BCUT2D eigenvalue weighted by Crippen LogP contribution is -2.28. The average molecular weight is 394 g/mol. The van der Waals surface area contributed by atoms with Crippen molar-refractivity contribution in [2.75, 3.05) is 6.61 Å². The first-order valence-corrected chi connectivity index (χ1v) is 10.4. The Labute approximate surface area is 170 Å². The Kier molecular flexibility index (Phi) is 9.12. The van der Waals surface area contributed by atoms with E-state index in [9.17, 15) is 9.90 Å². The molecule has 5 heteroatoms. The quantitative estimate of drug-likeness (QED) is 0.378. The van der Waals surface area contributed by atoms with Crippen molar-refractivity contribution >= 4 is 6.09 Å². The zero-order valence-corrected chi connectivity index (χ0v) is 18.8. The number of rotatable bonds is 9. The van der Waals surface area contributed by atoms with Gasteiger partial charge in [0.25, 0.3) is 0 Å². The zero-order valence-electron chi connectivity index (χ0n) is 18.8. The van der Waals surface area contributed by atoms with Gasteiger partial charge in [-0.05, 0) is 29.4 Å². The summed E-state index contributed by atoms with van der Waals surface area (Å²) in [6.45, 7) is 14.7. The smallest absolute Gasteiger partial charge is 0.440 e. The van der Waals surface area contributed by atoms with Gasteiger partial charge in [0.05, 0.1) is 6.61 Å². The summed E-state index contributed by atoms with van der Waals surface area (Å²) in [5.41, 5.74) is 3.37. The van der Waals surface area contributed by atoms with Crippen LogP contribution in [0.1, 0.15) is 98.1 Å². The number of hydrogen-bond donors (Lipinski definition) is 2. The molecule has 0 fully saturated rings. The average Bonchev–Trinajstić information content (AvgIpc) is 2.58. The van der Waals surface area contributed by atoms with Gasteiger partial charge in [-0.15, -0.1) is 0 Å². The van der Waals surface area contributed by atoms with Crippen LogP contribution in [0.25, 0.3) is 0 Å². The SMILES string of the molecule is CCCCCCCCOC(=O)NOc1cc(C(C)(C)C)c(O)c(C(C)(C)C)c1. The molecule has 0 saturated carbocycles. The number of benzene rings is 1. The molecule has 1 amide bonds. The monoisotopic (exact) mass is 393 g/mol. The minimum atomic E-state index is -0.601. The molecule has 1 aromatic rings. The zero-order chi connectivity index (χ0) is 21.4. The van der Waals surface area contributed by atoms with Crippen LogP contribution in [0.5, 0.6) is 11.5 Å². The Bertz CT molecular complexity index is 591. The van der Waals surface area contributed by atoms with E-state index in [-0.39, 0.29) is 16.6 Å². The molecule has 0 bridgehead atoms. The first-order chi connectivity index (χ1) is 13.0. The van der Waals surface area contributed by atoms with Crippen LogP contribution in [-0.4, -0.2) is 17.8 Å². The van der Waals surface area contributed by atoms with E-state index in [1.165, 1.54) is 25.7 Å². The van der Waals surface area contributed by atoms with E-state index < -0.39 is 6.09 Å². The van der Waals surface area contributed by atoms with Crippen molar-refractivity contribution in [2.45, 2.75) is 97.8 Å². The highest BCUT2D eigenvalue weighted by molar-refractivity contribution is 5.66. The predicted octanol–water partition coefficient (Wildman–Crippen LogP) is 6.37. The lowest BCUT2D eigenvalue weighted by molar-refractivity contribution is 0.0983. The molecule has 0 aliphatic heterocycles. The molecule has 0 heterocycles. The third-order valence-corrected chi connectivity index (χ3v) is 4.68. The van der Waals surface area contributed by atoms with E-state index in [0.717, 1.165) is 24.0 Å². The Morgan fingerprint density at radius 2 is 1.43 bits per heavy atom. The van der Waals surface area contributed by atoms with Crippen molar-refractivity contribution in [2.24, 2.45) is 0 Å². The molecule has 0 unspecified atom stereocenters. The van der Waals surface area contributed by atoms with Crippen LogP contribution in [0.3, 0.4) is 0 Å². The Morgan fingerprint density at radius 1 is 0.929 bits per heavy atom. The minimum Gasteiger partial charge on any atom is -0.507 e. The van der Waals surface area contributed by atoms with Crippen LogP contribution < -0.4 is 10.3 Å². The summed E-state index contributed by atoms with van der Waals surface area (Å²) >= 11 is 0. The van der Waals surface area contributed by atoms with E-state index in [4.69, 9.17) is 9.57 Å². The summed E-state index contributed by atoms with van der Waals surface area (Å²) in [5.74, 6) is 0.752. The first-order valence-electron chi connectivity index (χ1n) is 10.4. The highest BCUT2D eigenvalue weighted by Gasteiger charge is 2.27.